The molecule has 0 spiro atoms. The highest BCUT2D eigenvalue weighted by molar-refractivity contribution is 6.30. The normalized spacial score (nSPS) is 22.9. The second kappa shape index (κ2) is 7.94. The lowest BCUT2D eigenvalue weighted by Crippen LogP contribution is -2.67. The Morgan fingerprint density at radius 2 is 1.91 bits per heavy atom. The van der Waals surface area contributed by atoms with E-state index in [2.05, 4.69) is 11.1 Å². The van der Waals surface area contributed by atoms with Crippen LogP contribution in [-0.2, 0) is 19.9 Å². The smallest absolute Gasteiger partial charge is 0.254 e. The van der Waals surface area contributed by atoms with Gasteiger partial charge in [-0.3, -0.25) is 9.59 Å². The number of aromatic nitrogens is 1. The number of carbonyl (C=O) groups is 2. The van der Waals surface area contributed by atoms with Crippen LogP contribution in [0, 0.1) is 0 Å². The number of aromatic amines is 1. The molecule has 3 heterocycles. The highest BCUT2D eigenvalue weighted by Crippen LogP contribution is 2.48. The first-order valence-electron chi connectivity index (χ1n) is 10.9. The summed E-state index contributed by atoms with van der Waals surface area (Å²) in [4.78, 5) is 34.1. The number of nitrogens with one attached hydrogen (secondary N) is 1. The van der Waals surface area contributed by atoms with Crippen LogP contribution in [0.3, 0.4) is 0 Å². The summed E-state index contributed by atoms with van der Waals surface area (Å²) >= 11 is 6.14. The van der Waals surface area contributed by atoms with Crippen LogP contribution < -0.4 is 0 Å². The number of benzene rings is 2. The lowest BCUT2D eigenvalue weighted by molar-refractivity contribution is -0.166. The molecule has 1 saturated heterocycles. The standard InChI is InChI=1S/C25H26ClN3O3/c1-25-23-22(18-6-3-4-7-20(18)27-23)19(16-8-10-17(26)11-9-16)14-29(25)21(30)15-28(24(25)31)12-5-13-32-2/h3-4,6-11,19,27H,5,12-15H2,1-2H3. The summed E-state index contributed by atoms with van der Waals surface area (Å²) in [6.45, 7) is 3.47. The van der Waals surface area contributed by atoms with Crippen molar-refractivity contribution in [3.05, 3.63) is 70.4 Å². The van der Waals surface area contributed by atoms with Gasteiger partial charge in [-0.2, -0.15) is 0 Å². The van der Waals surface area contributed by atoms with E-state index < -0.39 is 5.54 Å². The number of para-hydroxylation sites is 1. The SMILES string of the molecule is COCCCN1CC(=O)N2CC(c3ccc(Cl)cc3)c3c([nH]c4ccccc34)C2(C)C1=O. The molecule has 0 aliphatic carbocycles. The summed E-state index contributed by atoms with van der Waals surface area (Å²) in [5.41, 5.74) is 2.86. The molecule has 2 amide bonds. The Morgan fingerprint density at radius 1 is 1.16 bits per heavy atom. The van der Waals surface area contributed by atoms with E-state index in [0.717, 1.165) is 27.7 Å². The lowest BCUT2D eigenvalue weighted by Gasteiger charge is -2.51. The van der Waals surface area contributed by atoms with E-state index in [9.17, 15) is 9.59 Å². The van der Waals surface area contributed by atoms with Gasteiger partial charge in [-0.25, -0.2) is 0 Å². The number of ether oxygens (including phenoxy) is 1. The number of fused-ring (bicyclic) bond motifs is 5. The molecule has 1 N–H and O–H groups in total. The van der Waals surface area contributed by atoms with Crippen LogP contribution in [0.25, 0.3) is 10.9 Å². The Bertz CT molecular complexity index is 1190. The molecule has 1 aromatic heterocycles. The van der Waals surface area contributed by atoms with Crippen molar-refractivity contribution in [2.45, 2.75) is 24.8 Å². The van der Waals surface area contributed by atoms with Gasteiger partial charge in [0, 0.05) is 48.6 Å². The van der Waals surface area contributed by atoms with Crippen LogP contribution in [0.4, 0.5) is 0 Å². The monoisotopic (exact) mass is 451 g/mol. The van der Waals surface area contributed by atoms with Gasteiger partial charge in [0.1, 0.15) is 0 Å². The second-order valence-corrected chi connectivity index (χ2v) is 9.15. The largest absolute Gasteiger partial charge is 0.385 e. The number of hydrogen-bond acceptors (Lipinski definition) is 3. The van der Waals surface area contributed by atoms with Crippen LogP contribution in [-0.4, -0.2) is 59.9 Å². The molecule has 2 aliphatic rings. The quantitative estimate of drug-likeness (QED) is 0.598. The Kier molecular flexibility index (Phi) is 5.22. The molecule has 0 saturated carbocycles. The number of H-pyrrole nitrogens is 1. The average Bonchev–Trinajstić information content (AvgIpc) is 3.19. The predicted octanol–water partition coefficient (Wildman–Crippen LogP) is 3.89. The van der Waals surface area contributed by atoms with E-state index in [1.807, 2.05) is 49.4 Å². The third kappa shape index (κ3) is 3.12. The highest BCUT2D eigenvalue weighted by Gasteiger charge is 2.56. The Labute approximate surface area is 192 Å². The third-order valence-corrected chi connectivity index (χ3v) is 7.12. The van der Waals surface area contributed by atoms with Crippen molar-refractivity contribution in [2.75, 3.05) is 33.4 Å². The summed E-state index contributed by atoms with van der Waals surface area (Å²) in [5.74, 6) is -0.133. The van der Waals surface area contributed by atoms with Crippen LogP contribution >= 0.6 is 11.6 Å². The van der Waals surface area contributed by atoms with Gasteiger partial charge in [0.25, 0.3) is 5.91 Å². The van der Waals surface area contributed by atoms with E-state index in [1.165, 1.54) is 0 Å². The molecule has 7 heteroatoms. The molecule has 2 aliphatic heterocycles. The number of rotatable bonds is 5. The average molecular weight is 452 g/mol. The molecule has 32 heavy (non-hydrogen) atoms. The van der Waals surface area contributed by atoms with Crippen LogP contribution in [0.1, 0.15) is 36.1 Å². The molecular formula is C25H26ClN3O3. The fourth-order valence-corrected chi connectivity index (χ4v) is 5.38. The minimum absolute atomic E-state index is 0.0345. The minimum atomic E-state index is -1.07. The van der Waals surface area contributed by atoms with Crippen molar-refractivity contribution in [1.29, 1.82) is 0 Å². The number of carbonyl (C=O) groups excluding carboxylic acids is 2. The number of methoxy groups -OCH3 is 1. The molecule has 1 fully saturated rings. The maximum absolute atomic E-state index is 13.8. The number of piperazine rings is 1. The molecule has 166 valence electrons. The van der Waals surface area contributed by atoms with Crippen molar-refractivity contribution < 1.29 is 14.3 Å². The molecule has 6 nitrogen and oxygen atoms in total. The molecule has 2 atom stereocenters. The van der Waals surface area contributed by atoms with Crippen molar-refractivity contribution in [2.24, 2.45) is 0 Å². The first-order valence-corrected chi connectivity index (χ1v) is 11.3. The zero-order valence-electron chi connectivity index (χ0n) is 18.2. The number of halogens is 1. The van der Waals surface area contributed by atoms with Crippen LogP contribution in [0.15, 0.2) is 48.5 Å². The van der Waals surface area contributed by atoms with E-state index in [1.54, 1.807) is 16.9 Å². The molecule has 3 aromatic rings. The summed E-state index contributed by atoms with van der Waals surface area (Å²) in [6, 6.07) is 15.9. The zero-order chi connectivity index (χ0) is 22.5. The maximum Gasteiger partial charge on any atom is 0.254 e. The van der Waals surface area contributed by atoms with Crippen molar-refractivity contribution >= 4 is 34.3 Å². The Hall–Kier alpha value is -2.83. The van der Waals surface area contributed by atoms with Gasteiger partial charge in [-0.05, 0) is 42.7 Å². The van der Waals surface area contributed by atoms with E-state index in [0.29, 0.717) is 31.1 Å². The summed E-state index contributed by atoms with van der Waals surface area (Å²) in [7, 11) is 1.64. The van der Waals surface area contributed by atoms with Crippen molar-refractivity contribution in [1.82, 2.24) is 14.8 Å². The van der Waals surface area contributed by atoms with E-state index in [4.69, 9.17) is 16.3 Å². The number of hydrogen-bond donors (Lipinski definition) is 1. The minimum Gasteiger partial charge on any atom is -0.385 e. The molecule has 2 aromatic carbocycles. The number of amides is 2. The van der Waals surface area contributed by atoms with E-state index >= 15 is 0 Å². The van der Waals surface area contributed by atoms with Gasteiger partial charge in [0.15, 0.2) is 5.54 Å². The predicted molar refractivity (Wildman–Crippen MR) is 124 cm³/mol. The molecule has 0 radical (unpaired) electrons. The van der Waals surface area contributed by atoms with Gasteiger partial charge >= 0.3 is 0 Å². The first-order chi connectivity index (χ1) is 15.4. The molecule has 2 unspecified atom stereocenters. The maximum atomic E-state index is 13.8. The first kappa shape index (κ1) is 21.0. The molecule has 0 bridgehead atoms. The van der Waals surface area contributed by atoms with Gasteiger partial charge in [0.2, 0.25) is 5.91 Å². The van der Waals surface area contributed by atoms with Crippen LogP contribution in [0.2, 0.25) is 5.02 Å². The van der Waals surface area contributed by atoms with Crippen molar-refractivity contribution in [3.8, 4) is 0 Å². The summed E-state index contributed by atoms with van der Waals surface area (Å²) < 4.78 is 5.15. The fourth-order valence-electron chi connectivity index (χ4n) is 5.25. The summed E-state index contributed by atoms with van der Waals surface area (Å²) in [6.07, 6.45) is 0.693. The topological polar surface area (TPSA) is 65.6 Å². The van der Waals surface area contributed by atoms with Gasteiger partial charge in [-0.1, -0.05) is 41.9 Å². The lowest BCUT2D eigenvalue weighted by atomic mass is 9.76. The van der Waals surface area contributed by atoms with Gasteiger partial charge < -0.3 is 19.5 Å². The Morgan fingerprint density at radius 3 is 2.66 bits per heavy atom. The highest BCUT2D eigenvalue weighted by atomic mass is 35.5. The fraction of sp³-hybridized carbons (Fsp3) is 0.360. The molecular weight excluding hydrogens is 426 g/mol. The van der Waals surface area contributed by atoms with Crippen molar-refractivity contribution in [3.63, 3.8) is 0 Å². The molecule has 5 rings (SSSR count). The zero-order valence-corrected chi connectivity index (χ0v) is 19.0. The Balaban J connectivity index is 1.67. The van der Waals surface area contributed by atoms with Gasteiger partial charge in [0.05, 0.1) is 12.2 Å². The van der Waals surface area contributed by atoms with Crippen LogP contribution in [0.5, 0.6) is 0 Å². The number of nitrogens with zero attached hydrogens (tertiary/aromatic N) is 2. The summed E-state index contributed by atoms with van der Waals surface area (Å²) in [5, 5.41) is 1.75. The third-order valence-electron chi connectivity index (χ3n) is 6.87. The second-order valence-electron chi connectivity index (χ2n) is 8.71. The van der Waals surface area contributed by atoms with Gasteiger partial charge in [-0.15, -0.1) is 0 Å². The van der Waals surface area contributed by atoms with E-state index in [-0.39, 0.29) is 24.3 Å².